The van der Waals surface area contributed by atoms with Gasteiger partial charge in [-0.15, -0.1) is 0 Å². The third-order valence-electron chi connectivity index (χ3n) is 4.31. The molecule has 1 aromatic heterocycles. The van der Waals surface area contributed by atoms with E-state index >= 15 is 0 Å². The van der Waals surface area contributed by atoms with Crippen LogP contribution < -0.4 is 0 Å². The first-order valence-corrected chi connectivity index (χ1v) is 6.91. The Labute approximate surface area is 111 Å². The Morgan fingerprint density at radius 1 is 1.42 bits per heavy atom. The minimum absolute atomic E-state index is 0.385. The molecule has 98 valence electrons. The van der Waals surface area contributed by atoms with Gasteiger partial charge in [-0.05, 0) is 37.3 Å². The number of imidazole rings is 1. The number of fused-ring (bicyclic) bond motifs is 1. The number of para-hydroxylation sites is 1. The van der Waals surface area contributed by atoms with Crippen molar-refractivity contribution < 1.29 is 9.90 Å². The van der Waals surface area contributed by atoms with E-state index in [1.165, 1.54) is 12.8 Å². The number of rotatable bonds is 3. The van der Waals surface area contributed by atoms with Gasteiger partial charge in [-0.1, -0.05) is 13.0 Å². The number of hydrogen-bond donors (Lipinski definition) is 1. The molecule has 1 aromatic carbocycles. The number of hydrogen-bond acceptors (Lipinski definition) is 2. The van der Waals surface area contributed by atoms with Gasteiger partial charge in [0.1, 0.15) is 5.82 Å². The number of aromatic nitrogens is 2. The predicted octanol–water partition coefficient (Wildman–Crippen LogP) is 3.19. The summed E-state index contributed by atoms with van der Waals surface area (Å²) in [7, 11) is 0. The Hall–Kier alpha value is -1.84. The monoisotopic (exact) mass is 256 g/mol. The maximum Gasteiger partial charge on any atom is 0.337 e. The zero-order chi connectivity index (χ0) is 13.1. The molecule has 19 heavy (non-hydrogen) atoms. The summed E-state index contributed by atoms with van der Waals surface area (Å²) < 4.78 is 2.22. The second-order valence-corrected chi connectivity index (χ2v) is 5.87. The number of carboxylic acids is 1. The SMILES string of the molecule is CC1CC1n1c(C2CC2)nc2cccc(C(=O)O)c21. The third-order valence-corrected chi connectivity index (χ3v) is 4.31. The minimum atomic E-state index is -0.859. The van der Waals surface area contributed by atoms with E-state index in [0.717, 1.165) is 23.3 Å². The van der Waals surface area contributed by atoms with Crippen molar-refractivity contribution in [2.75, 3.05) is 0 Å². The van der Waals surface area contributed by atoms with Crippen molar-refractivity contribution in [3.05, 3.63) is 29.6 Å². The first-order chi connectivity index (χ1) is 9.16. The molecule has 4 heteroatoms. The molecule has 0 aliphatic heterocycles. The van der Waals surface area contributed by atoms with Gasteiger partial charge in [0.2, 0.25) is 0 Å². The summed E-state index contributed by atoms with van der Waals surface area (Å²) in [6.07, 6.45) is 3.51. The Kier molecular flexibility index (Phi) is 2.08. The van der Waals surface area contributed by atoms with Crippen molar-refractivity contribution in [1.29, 1.82) is 0 Å². The average molecular weight is 256 g/mol. The number of benzene rings is 1. The van der Waals surface area contributed by atoms with E-state index in [-0.39, 0.29) is 0 Å². The van der Waals surface area contributed by atoms with Gasteiger partial charge in [0.15, 0.2) is 0 Å². The number of carboxylic acid groups (broad SMARTS) is 1. The molecule has 2 aliphatic rings. The molecule has 2 unspecified atom stereocenters. The molecule has 0 bridgehead atoms. The smallest absolute Gasteiger partial charge is 0.337 e. The van der Waals surface area contributed by atoms with Gasteiger partial charge in [0.25, 0.3) is 0 Å². The Morgan fingerprint density at radius 3 is 2.74 bits per heavy atom. The van der Waals surface area contributed by atoms with E-state index in [1.807, 2.05) is 6.07 Å². The fourth-order valence-corrected chi connectivity index (χ4v) is 2.97. The first-order valence-electron chi connectivity index (χ1n) is 6.91. The van der Waals surface area contributed by atoms with Crippen LogP contribution in [0.2, 0.25) is 0 Å². The van der Waals surface area contributed by atoms with Crippen molar-refractivity contribution in [2.24, 2.45) is 5.92 Å². The van der Waals surface area contributed by atoms with Crippen LogP contribution in [0.15, 0.2) is 18.2 Å². The second kappa shape index (κ2) is 3.59. The van der Waals surface area contributed by atoms with E-state index in [2.05, 4.69) is 11.5 Å². The fraction of sp³-hybridized carbons (Fsp3) is 0.467. The molecule has 2 aliphatic carbocycles. The normalized spacial score (nSPS) is 25.7. The molecule has 0 spiro atoms. The van der Waals surface area contributed by atoms with Crippen LogP contribution in [0.25, 0.3) is 11.0 Å². The molecule has 4 nitrogen and oxygen atoms in total. The molecule has 2 aromatic rings. The predicted molar refractivity (Wildman–Crippen MR) is 71.5 cm³/mol. The molecule has 2 fully saturated rings. The summed E-state index contributed by atoms with van der Waals surface area (Å²) in [5.41, 5.74) is 2.04. The Bertz CT molecular complexity index is 685. The quantitative estimate of drug-likeness (QED) is 0.917. The molecular formula is C15H16N2O2. The van der Waals surface area contributed by atoms with Crippen LogP contribution >= 0.6 is 0 Å². The summed E-state index contributed by atoms with van der Waals surface area (Å²) in [4.78, 5) is 16.2. The number of carbonyl (C=O) groups is 1. The molecule has 1 heterocycles. The summed E-state index contributed by atoms with van der Waals surface area (Å²) in [5, 5.41) is 9.40. The van der Waals surface area contributed by atoms with E-state index in [0.29, 0.717) is 23.4 Å². The van der Waals surface area contributed by atoms with Crippen LogP contribution in [0.3, 0.4) is 0 Å². The van der Waals surface area contributed by atoms with E-state index in [4.69, 9.17) is 4.98 Å². The lowest BCUT2D eigenvalue weighted by Gasteiger charge is -2.09. The van der Waals surface area contributed by atoms with Gasteiger partial charge in [-0.2, -0.15) is 0 Å². The molecule has 0 amide bonds. The lowest BCUT2D eigenvalue weighted by atomic mass is 10.2. The van der Waals surface area contributed by atoms with Gasteiger partial charge >= 0.3 is 5.97 Å². The highest BCUT2D eigenvalue weighted by Gasteiger charge is 2.41. The largest absolute Gasteiger partial charge is 0.478 e. The summed E-state index contributed by atoms with van der Waals surface area (Å²) in [6.45, 7) is 2.22. The molecule has 1 N–H and O–H groups in total. The topological polar surface area (TPSA) is 55.1 Å². The van der Waals surface area contributed by atoms with Crippen molar-refractivity contribution in [3.63, 3.8) is 0 Å². The van der Waals surface area contributed by atoms with E-state index in [1.54, 1.807) is 12.1 Å². The average Bonchev–Trinajstić information content (AvgIpc) is 3.29. The highest BCUT2D eigenvalue weighted by Crippen LogP contribution is 2.50. The zero-order valence-electron chi connectivity index (χ0n) is 10.8. The van der Waals surface area contributed by atoms with Gasteiger partial charge in [0, 0.05) is 12.0 Å². The maximum atomic E-state index is 11.4. The van der Waals surface area contributed by atoms with Crippen LogP contribution in [0.1, 0.15) is 54.3 Å². The van der Waals surface area contributed by atoms with E-state index in [9.17, 15) is 9.90 Å². The number of aromatic carboxylic acids is 1. The molecule has 0 radical (unpaired) electrons. The van der Waals surface area contributed by atoms with E-state index < -0.39 is 5.97 Å². The minimum Gasteiger partial charge on any atom is -0.478 e. The summed E-state index contributed by atoms with van der Waals surface area (Å²) >= 11 is 0. The Balaban J connectivity index is 2.02. The summed E-state index contributed by atoms with van der Waals surface area (Å²) in [6, 6.07) is 5.85. The van der Waals surface area contributed by atoms with Crippen molar-refractivity contribution in [1.82, 2.24) is 9.55 Å². The molecule has 0 saturated heterocycles. The molecule has 4 rings (SSSR count). The standard InChI is InChI=1S/C15H16N2O2/c1-8-7-12(8)17-13-10(15(18)19)3-2-4-11(13)16-14(17)9-5-6-9/h2-4,8-9,12H,5-7H2,1H3,(H,18,19). The first kappa shape index (κ1) is 11.0. The molecular weight excluding hydrogens is 240 g/mol. The van der Waals surface area contributed by atoms with Crippen LogP contribution in [-0.2, 0) is 0 Å². The van der Waals surface area contributed by atoms with Gasteiger partial charge in [0.05, 0.1) is 16.6 Å². The third kappa shape index (κ3) is 1.59. The van der Waals surface area contributed by atoms with Crippen LogP contribution in [-0.4, -0.2) is 20.6 Å². The lowest BCUT2D eigenvalue weighted by molar-refractivity contribution is 0.0698. The highest BCUT2D eigenvalue weighted by atomic mass is 16.4. The molecule has 2 atom stereocenters. The van der Waals surface area contributed by atoms with Crippen LogP contribution in [0.4, 0.5) is 0 Å². The van der Waals surface area contributed by atoms with Crippen molar-refractivity contribution in [2.45, 2.75) is 38.1 Å². The van der Waals surface area contributed by atoms with Crippen LogP contribution in [0.5, 0.6) is 0 Å². The van der Waals surface area contributed by atoms with Crippen LogP contribution in [0, 0.1) is 5.92 Å². The van der Waals surface area contributed by atoms with Gasteiger partial charge in [-0.25, -0.2) is 9.78 Å². The second-order valence-electron chi connectivity index (χ2n) is 5.87. The van der Waals surface area contributed by atoms with Crippen molar-refractivity contribution >= 4 is 17.0 Å². The lowest BCUT2D eigenvalue weighted by Crippen LogP contribution is -2.05. The summed E-state index contributed by atoms with van der Waals surface area (Å²) in [5.74, 6) is 1.43. The highest BCUT2D eigenvalue weighted by molar-refractivity contribution is 6.01. The zero-order valence-corrected chi connectivity index (χ0v) is 10.8. The molecule has 2 saturated carbocycles. The number of nitrogens with zero attached hydrogens (tertiary/aromatic N) is 2. The fourth-order valence-electron chi connectivity index (χ4n) is 2.97. The Morgan fingerprint density at radius 2 is 2.16 bits per heavy atom. The maximum absolute atomic E-state index is 11.4. The van der Waals surface area contributed by atoms with Crippen molar-refractivity contribution in [3.8, 4) is 0 Å². The van der Waals surface area contributed by atoms with Gasteiger partial charge in [-0.3, -0.25) is 0 Å². The van der Waals surface area contributed by atoms with Gasteiger partial charge < -0.3 is 9.67 Å².